The smallest absolute Gasteiger partial charge is 0.253 e. The minimum absolute atomic E-state index is 0.0713. The third-order valence-corrected chi connectivity index (χ3v) is 7.13. The van der Waals surface area contributed by atoms with E-state index in [4.69, 9.17) is 0 Å². The predicted molar refractivity (Wildman–Crippen MR) is 123 cm³/mol. The molecule has 0 fully saturated rings. The van der Waals surface area contributed by atoms with Gasteiger partial charge in [-0.2, -0.15) is 5.10 Å². The number of pyridine rings is 1. The Labute approximate surface area is 187 Å². The topological polar surface area (TPSA) is 126 Å². The Hall–Kier alpha value is -2.98. The first-order chi connectivity index (χ1) is 15.0. The fourth-order valence-electron chi connectivity index (χ4n) is 3.84. The number of carbonyl (C=O) groups is 1. The van der Waals surface area contributed by atoms with E-state index in [0.29, 0.717) is 16.8 Å². The van der Waals surface area contributed by atoms with Gasteiger partial charge in [0.25, 0.3) is 5.56 Å². The van der Waals surface area contributed by atoms with Gasteiger partial charge < -0.3 is 10.3 Å². The molecule has 3 rings (SSSR count). The lowest BCUT2D eigenvalue weighted by Crippen LogP contribution is -2.35. The SMILES string of the molecule is Cc1ccc(C)c(S(=O)(=O)NCCNC(=O)CCc2c(C)c3c(C)nn(C)c3[nH]c2=O)c1. The molecular formula is C22H29N5O4S. The van der Waals surface area contributed by atoms with Crippen molar-refractivity contribution in [1.29, 1.82) is 0 Å². The lowest BCUT2D eigenvalue weighted by atomic mass is 10.0. The van der Waals surface area contributed by atoms with Crippen LogP contribution in [-0.4, -0.2) is 42.2 Å². The molecule has 1 aromatic carbocycles. The molecule has 0 unspecified atom stereocenters. The molecule has 0 atom stereocenters. The van der Waals surface area contributed by atoms with Crippen molar-refractivity contribution in [3.8, 4) is 0 Å². The van der Waals surface area contributed by atoms with Gasteiger partial charge in [-0.3, -0.25) is 14.3 Å². The van der Waals surface area contributed by atoms with Gasteiger partial charge in [-0.15, -0.1) is 0 Å². The summed E-state index contributed by atoms with van der Waals surface area (Å²) in [6.07, 6.45) is 0.407. The van der Waals surface area contributed by atoms with Gasteiger partial charge in [0.15, 0.2) is 0 Å². The van der Waals surface area contributed by atoms with Crippen LogP contribution in [0.5, 0.6) is 0 Å². The molecule has 0 aliphatic carbocycles. The summed E-state index contributed by atoms with van der Waals surface area (Å²) < 4.78 is 29.2. The lowest BCUT2D eigenvalue weighted by Gasteiger charge is -2.11. The number of carbonyl (C=O) groups excluding carboxylic acids is 1. The van der Waals surface area contributed by atoms with Crippen LogP contribution in [0.1, 0.15) is 34.4 Å². The molecular weight excluding hydrogens is 430 g/mol. The number of aromatic nitrogens is 3. The van der Waals surface area contributed by atoms with Crippen LogP contribution >= 0.6 is 0 Å². The van der Waals surface area contributed by atoms with Crippen molar-refractivity contribution < 1.29 is 13.2 Å². The maximum atomic E-state index is 12.5. The maximum absolute atomic E-state index is 12.5. The fraction of sp³-hybridized carbons (Fsp3) is 0.409. The van der Waals surface area contributed by atoms with Crippen molar-refractivity contribution in [1.82, 2.24) is 24.8 Å². The number of benzene rings is 1. The Morgan fingerprint density at radius 1 is 1.16 bits per heavy atom. The molecule has 0 saturated heterocycles. The molecule has 172 valence electrons. The molecule has 32 heavy (non-hydrogen) atoms. The van der Waals surface area contributed by atoms with E-state index in [-0.39, 0.29) is 42.3 Å². The number of rotatable bonds is 8. The highest BCUT2D eigenvalue weighted by atomic mass is 32.2. The summed E-state index contributed by atoms with van der Waals surface area (Å²) in [6.45, 7) is 7.54. The van der Waals surface area contributed by atoms with Gasteiger partial charge in [0.1, 0.15) is 5.65 Å². The van der Waals surface area contributed by atoms with Crippen LogP contribution in [0.3, 0.4) is 0 Å². The van der Waals surface area contributed by atoms with Crippen LogP contribution in [0.4, 0.5) is 0 Å². The summed E-state index contributed by atoms with van der Waals surface area (Å²) in [7, 11) is -1.89. The molecule has 0 bridgehead atoms. The lowest BCUT2D eigenvalue weighted by molar-refractivity contribution is -0.121. The average Bonchev–Trinajstić information content (AvgIpc) is 3.00. The monoisotopic (exact) mass is 459 g/mol. The zero-order chi connectivity index (χ0) is 23.6. The van der Waals surface area contributed by atoms with E-state index in [0.717, 1.165) is 22.2 Å². The average molecular weight is 460 g/mol. The minimum Gasteiger partial charge on any atom is -0.355 e. The Bertz CT molecular complexity index is 1340. The van der Waals surface area contributed by atoms with Crippen molar-refractivity contribution in [2.75, 3.05) is 13.1 Å². The first kappa shape index (κ1) is 23.7. The number of sulfonamides is 1. The van der Waals surface area contributed by atoms with Crippen LogP contribution in [0.2, 0.25) is 0 Å². The molecule has 3 aromatic rings. The first-order valence-corrected chi connectivity index (χ1v) is 11.9. The van der Waals surface area contributed by atoms with E-state index >= 15 is 0 Å². The molecule has 2 aromatic heterocycles. The first-order valence-electron chi connectivity index (χ1n) is 10.4. The summed E-state index contributed by atoms with van der Waals surface area (Å²) in [6, 6.07) is 5.24. The molecule has 9 nitrogen and oxygen atoms in total. The van der Waals surface area contributed by atoms with Crippen LogP contribution in [0.25, 0.3) is 11.0 Å². The Balaban J connectivity index is 1.56. The zero-order valence-electron chi connectivity index (χ0n) is 19.0. The van der Waals surface area contributed by atoms with Crippen molar-refractivity contribution in [3.63, 3.8) is 0 Å². The standard InChI is InChI=1S/C22H29N5O4S/c1-13-6-7-14(2)18(12-13)32(30,31)24-11-10-23-19(28)9-8-17-15(3)20-16(4)26-27(5)21(20)25-22(17)29/h6-7,12,24H,8-11H2,1-5H3,(H,23,28)(H,25,29). The molecule has 0 aliphatic heterocycles. The number of amides is 1. The van der Waals surface area contributed by atoms with Crippen LogP contribution in [-0.2, 0) is 28.3 Å². The van der Waals surface area contributed by atoms with Gasteiger partial charge in [-0.05, 0) is 56.9 Å². The molecule has 1 amide bonds. The Morgan fingerprint density at radius 3 is 2.59 bits per heavy atom. The normalized spacial score (nSPS) is 11.8. The molecule has 0 radical (unpaired) electrons. The highest BCUT2D eigenvalue weighted by molar-refractivity contribution is 7.89. The van der Waals surface area contributed by atoms with Gasteiger partial charge >= 0.3 is 0 Å². The number of hydrogen-bond acceptors (Lipinski definition) is 5. The molecule has 0 saturated carbocycles. The second-order valence-electron chi connectivity index (χ2n) is 8.01. The molecule has 0 spiro atoms. The second kappa shape index (κ2) is 9.25. The summed E-state index contributed by atoms with van der Waals surface area (Å²) in [5, 5.41) is 7.93. The van der Waals surface area contributed by atoms with Gasteiger partial charge in [0.05, 0.1) is 10.6 Å². The summed E-state index contributed by atoms with van der Waals surface area (Å²) in [4.78, 5) is 27.8. The van der Waals surface area contributed by atoms with Gasteiger partial charge in [0.2, 0.25) is 15.9 Å². The van der Waals surface area contributed by atoms with Gasteiger partial charge in [-0.1, -0.05) is 12.1 Å². The molecule has 0 aliphatic rings. The Kier molecular flexibility index (Phi) is 6.85. The number of hydrogen-bond donors (Lipinski definition) is 3. The predicted octanol–water partition coefficient (Wildman–Crippen LogP) is 1.52. The summed E-state index contributed by atoms with van der Waals surface area (Å²) in [5.41, 5.74) is 4.14. The van der Waals surface area contributed by atoms with E-state index in [1.54, 1.807) is 30.8 Å². The highest BCUT2D eigenvalue weighted by Gasteiger charge is 2.17. The molecule has 10 heteroatoms. The largest absolute Gasteiger partial charge is 0.355 e. The number of aromatic amines is 1. The third kappa shape index (κ3) is 4.91. The van der Waals surface area contributed by atoms with Crippen LogP contribution in [0, 0.1) is 27.7 Å². The minimum atomic E-state index is -3.66. The van der Waals surface area contributed by atoms with Crippen molar-refractivity contribution in [2.24, 2.45) is 7.05 Å². The second-order valence-corrected chi connectivity index (χ2v) is 9.74. The van der Waals surface area contributed by atoms with Crippen molar-refractivity contribution in [3.05, 3.63) is 56.5 Å². The quantitative estimate of drug-likeness (QED) is 0.441. The van der Waals surface area contributed by atoms with E-state index in [9.17, 15) is 18.0 Å². The van der Waals surface area contributed by atoms with Gasteiger partial charge in [-0.25, -0.2) is 13.1 Å². The van der Waals surface area contributed by atoms with E-state index in [2.05, 4.69) is 20.1 Å². The van der Waals surface area contributed by atoms with Crippen molar-refractivity contribution in [2.45, 2.75) is 45.4 Å². The van der Waals surface area contributed by atoms with Gasteiger partial charge in [0, 0.05) is 37.5 Å². The molecule has 3 N–H and O–H groups in total. The fourth-order valence-corrected chi connectivity index (χ4v) is 5.20. The number of nitrogens with one attached hydrogen (secondary N) is 3. The van der Waals surface area contributed by atoms with E-state index < -0.39 is 10.0 Å². The molecule has 2 heterocycles. The zero-order valence-corrected chi connectivity index (χ0v) is 19.8. The van der Waals surface area contributed by atoms with E-state index in [1.807, 2.05) is 26.8 Å². The third-order valence-electron chi connectivity index (χ3n) is 5.53. The van der Waals surface area contributed by atoms with Crippen LogP contribution in [0.15, 0.2) is 27.9 Å². The van der Waals surface area contributed by atoms with E-state index in [1.165, 1.54) is 0 Å². The summed E-state index contributed by atoms with van der Waals surface area (Å²) in [5.74, 6) is -0.252. The highest BCUT2D eigenvalue weighted by Crippen LogP contribution is 2.21. The van der Waals surface area contributed by atoms with Crippen LogP contribution < -0.4 is 15.6 Å². The number of H-pyrrole nitrogens is 1. The maximum Gasteiger partial charge on any atom is 0.253 e. The Morgan fingerprint density at radius 2 is 1.88 bits per heavy atom. The van der Waals surface area contributed by atoms with Crippen molar-refractivity contribution >= 4 is 27.0 Å². The summed E-state index contributed by atoms with van der Waals surface area (Å²) >= 11 is 0. The number of nitrogens with zero attached hydrogens (tertiary/aromatic N) is 2. The number of aryl methyl sites for hydroxylation is 5. The number of fused-ring (bicyclic) bond motifs is 1.